The number of imide groups is 1. The van der Waals surface area contributed by atoms with Crippen molar-refractivity contribution in [2.75, 3.05) is 55.0 Å². The zero-order valence-corrected chi connectivity index (χ0v) is 48.1. The number of para-hydroxylation sites is 1. The van der Waals surface area contributed by atoms with E-state index >= 15 is 0 Å². The maximum Gasteiger partial charge on any atom is 0.330 e. The number of hydrogen-bond acceptors (Lipinski definition) is 16. The topological polar surface area (TPSA) is 309 Å². The van der Waals surface area contributed by atoms with Gasteiger partial charge in [-0.15, -0.1) is 0 Å². The molecule has 10 N–H and O–H groups in total. The molecule has 4 heterocycles. The van der Waals surface area contributed by atoms with E-state index in [1.54, 1.807) is 64.1 Å². The molecule has 24 heteroatoms. The molecule has 4 aliphatic rings. The Bertz CT molecular complexity index is 3130. The maximum atomic E-state index is 13.8. The second-order valence-electron chi connectivity index (χ2n) is 21.9. The van der Waals surface area contributed by atoms with Crippen LogP contribution in [0.3, 0.4) is 0 Å². The van der Waals surface area contributed by atoms with Crippen LogP contribution in [0, 0.1) is 23.7 Å². The summed E-state index contributed by atoms with van der Waals surface area (Å²) in [6.07, 6.45) is 5.72. The van der Waals surface area contributed by atoms with Gasteiger partial charge >= 0.3 is 12.0 Å². The number of primary amides is 1. The number of urea groups is 1. The van der Waals surface area contributed by atoms with Gasteiger partial charge < -0.3 is 62.8 Å². The van der Waals surface area contributed by atoms with Gasteiger partial charge in [-0.25, -0.2) is 19.5 Å². The van der Waals surface area contributed by atoms with Crippen LogP contribution >= 0.6 is 11.6 Å². The van der Waals surface area contributed by atoms with Crippen LogP contribution in [0.5, 0.6) is 0 Å². The van der Waals surface area contributed by atoms with Gasteiger partial charge in [0.05, 0.1) is 23.5 Å². The van der Waals surface area contributed by atoms with Gasteiger partial charge in [0.1, 0.15) is 23.1 Å². The highest BCUT2D eigenvalue weighted by molar-refractivity contribution is 6.33. The normalized spacial score (nSPS) is 19.0. The van der Waals surface area contributed by atoms with Crippen LogP contribution in [0.15, 0.2) is 72.9 Å². The zero-order valence-electron chi connectivity index (χ0n) is 47.3. The molecule has 83 heavy (non-hydrogen) atoms. The number of nitrogens with one attached hydrogen (secondary N) is 6. The van der Waals surface area contributed by atoms with Crippen LogP contribution in [0.1, 0.15) is 111 Å². The molecule has 440 valence electrons. The van der Waals surface area contributed by atoms with Crippen LogP contribution in [-0.4, -0.2) is 148 Å². The van der Waals surface area contributed by atoms with Crippen molar-refractivity contribution in [2.45, 2.75) is 122 Å². The lowest BCUT2D eigenvalue weighted by Crippen LogP contribution is -2.57. The number of hydrogen-bond donors (Lipinski definition) is 8. The van der Waals surface area contributed by atoms with Gasteiger partial charge in [0, 0.05) is 86.7 Å². The van der Waals surface area contributed by atoms with Crippen molar-refractivity contribution >= 4 is 87.9 Å². The van der Waals surface area contributed by atoms with Crippen LogP contribution in [0.4, 0.5) is 33.6 Å². The maximum absolute atomic E-state index is 13.8. The number of piperazine rings is 1. The first-order valence-electron chi connectivity index (χ1n) is 28.1. The SMILES string of the molecule is CC(C)[C@H](N)C(=O)N[C@@H](C)C(=O)N[C@H](C(=O)OCN1C(=O)CCC(N2Cc3cc(C#CCCNC4CCC(NC(=O)N5CCN(c6ccc(Nc7ncc(Cl)c(Nc8ccccc8C(N)=O)n7)cc6)CC5)CC4)ccc3C2=O)C1=O)C(C)C. The number of fused-ring (bicyclic) bond motifs is 1. The van der Waals surface area contributed by atoms with Crippen molar-refractivity contribution in [3.8, 4) is 11.8 Å². The molecule has 3 aliphatic heterocycles. The predicted octanol–water partition coefficient (Wildman–Crippen LogP) is 4.49. The number of nitrogens with two attached hydrogens (primary N) is 2. The molecule has 1 aromatic heterocycles. The number of anilines is 5. The molecular formula is C59H73ClN14O9. The molecule has 4 atom stereocenters. The average Bonchev–Trinajstić information content (AvgIpc) is 3.85. The fourth-order valence-corrected chi connectivity index (χ4v) is 10.4. The largest absolute Gasteiger partial charge is 0.442 e. The summed E-state index contributed by atoms with van der Waals surface area (Å²) in [5.41, 5.74) is 15.9. The Kier molecular flexibility index (Phi) is 20.2. The Morgan fingerprint density at radius 3 is 2.24 bits per heavy atom. The van der Waals surface area contributed by atoms with Gasteiger partial charge in [-0.3, -0.25) is 28.8 Å². The number of esters is 1. The molecular weight excluding hydrogens is 1080 g/mol. The first-order chi connectivity index (χ1) is 39.7. The molecule has 23 nitrogen and oxygen atoms in total. The molecule has 4 aromatic rings. The highest BCUT2D eigenvalue weighted by atomic mass is 35.5. The number of piperidine rings is 1. The minimum atomic E-state index is -1.15. The molecule has 1 aliphatic carbocycles. The number of halogens is 1. The Labute approximate surface area is 487 Å². The van der Waals surface area contributed by atoms with Crippen LogP contribution in [-0.2, 0) is 35.3 Å². The summed E-state index contributed by atoms with van der Waals surface area (Å²) in [4.78, 5) is 120. The minimum Gasteiger partial charge on any atom is -0.442 e. The molecule has 8 amide bonds. The lowest BCUT2D eigenvalue weighted by molar-refractivity contribution is -0.166. The Balaban J connectivity index is 0.720. The molecule has 0 radical (unpaired) electrons. The smallest absolute Gasteiger partial charge is 0.330 e. The summed E-state index contributed by atoms with van der Waals surface area (Å²) in [5.74, 6) is 2.26. The highest BCUT2D eigenvalue weighted by Crippen LogP contribution is 2.31. The number of carbonyl (C=O) groups is 8. The molecule has 3 fully saturated rings. The van der Waals surface area contributed by atoms with E-state index in [-0.39, 0.29) is 48.3 Å². The Hall–Kier alpha value is -8.33. The number of aromatic nitrogens is 2. The predicted molar refractivity (Wildman–Crippen MR) is 312 cm³/mol. The lowest BCUT2D eigenvalue weighted by atomic mass is 9.91. The van der Waals surface area contributed by atoms with Gasteiger partial charge in [0.15, 0.2) is 12.5 Å². The van der Waals surface area contributed by atoms with Gasteiger partial charge in [0.25, 0.3) is 17.7 Å². The number of carbonyl (C=O) groups excluding carboxylic acids is 8. The summed E-state index contributed by atoms with van der Waals surface area (Å²) in [6.45, 7) is 11.1. The van der Waals surface area contributed by atoms with E-state index in [1.807, 2.05) is 35.2 Å². The van der Waals surface area contributed by atoms with Crippen molar-refractivity contribution < 1.29 is 43.1 Å². The van der Waals surface area contributed by atoms with Crippen molar-refractivity contribution in [2.24, 2.45) is 23.3 Å². The highest BCUT2D eigenvalue weighted by Gasteiger charge is 2.43. The standard InChI is InChI=1S/C59H73ClN14O9/c1-34(2)49(61)54(78)65-36(5)53(77)69-50(35(3)4)57(81)83-33-74-48(75)24-23-47(56(74)80)73-32-38-30-37(13-22-43(38)55(73)79)10-8-9-25-63-39-14-16-41(17-15-39)67-59(82)72-28-26-71(27-29-72)42-20-18-40(19-21-42)66-58-64-31-45(60)52(70-58)68-46-12-7-6-11-44(46)51(62)76/h6-7,11-13,18-22,30-31,34-36,39,41,47,49-50,63H,9,14-17,23-29,32-33,61H2,1-5H3,(H2,62,76)(H,65,78)(H,67,82)(H,69,77)(H2,64,66,68,70)/t36-,39?,41?,47?,49-,50-/m0/s1. The minimum absolute atomic E-state index is 0.0405. The van der Waals surface area contributed by atoms with E-state index in [9.17, 15) is 38.4 Å². The van der Waals surface area contributed by atoms with E-state index in [4.69, 9.17) is 27.8 Å². The summed E-state index contributed by atoms with van der Waals surface area (Å²) in [5, 5.41) is 18.6. The third kappa shape index (κ3) is 15.4. The van der Waals surface area contributed by atoms with Crippen molar-refractivity contribution in [3.05, 3.63) is 100 Å². The number of nitrogens with zero attached hydrogens (tertiary/aromatic N) is 6. The summed E-state index contributed by atoms with van der Waals surface area (Å²) in [7, 11) is 0. The van der Waals surface area contributed by atoms with E-state index in [0.29, 0.717) is 79.3 Å². The van der Waals surface area contributed by atoms with E-state index in [0.717, 1.165) is 47.5 Å². The first kappa shape index (κ1) is 60.8. The molecule has 3 aromatic carbocycles. The number of benzene rings is 3. The van der Waals surface area contributed by atoms with E-state index in [1.165, 1.54) is 18.0 Å². The summed E-state index contributed by atoms with van der Waals surface area (Å²) < 4.78 is 5.43. The van der Waals surface area contributed by atoms with Crippen LogP contribution in [0.25, 0.3) is 0 Å². The second kappa shape index (κ2) is 27.6. The number of likely N-dealkylation sites (tertiary alicyclic amines) is 1. The monoisotopic (exact) mass is 1160 g/mol. The second-order valence-corrected chi connectivity index (χ2v) is 22.3. The molecule has 1 saturated carbocycles. The zero-order chi connectivity index (χ0) is 59.5. The fourth-order valence-electron chi connectivity index (χ4n) is 10.3. The molecule has 2 saturated heterocycles. The van der Waals surface area contributed by atoms with E-state index in [2.05, 4.69) is 58.6 Å². The third-order valence-corrected chi connectivity index (χ3v) is 15.6. The van der Waals surface area contributed by atoms with Crippen LogP contribution in [0.2, 0.25) is 5.02 Å². The lowest BCUT2D eigenvalue weighted by Gasteiger charge is -2.37. The Morgan fingerprint density at radius 2 is 1.54 bits per heavy atom. The molecule has 1 unspecified atom stereocenters. The van der Waals surface area contributed by atoms with Crippen molar-refractivity contribution in [3.63, 3.8) is 0 Å². The number of amides is 8. The number of rotatable bonds is 20. The quantitative estimate of drug-likeness (QED) is 0.0262. The fraction of sp³-hybridized carbons (Fsp3) is 0.458. The average molecular weight is 1160 g/mol. The Morgan fingerprint density at radius 1 is 0.831 bits per heavy atom. The molecule has 8 rings (SSSR count). The van der Waals surface area contributed by atoms with E-state index < -0.39 is 72.3 Å². The van der Waals surface area contributed by atoms with Crippen molar-refractivity contribution in [1.29, 1.82) is 0 Å². The third-order valence-electron chi connectivity index (χ3n) is 15.3. The summed E-state index contributed by atoms with van der Waals surface area (Å²) >= 11 is 6.37. The molecule has 0 bridgehead atoms. The van der Waals surface area contributed by atoms with Gasteiger partial charge in [-0.2, -0.15) is 4.98 Å². The summed E-state index contributed by atoms with van der Waals surface area (Å²) in [6, 6.07) is 16.4. The van der Waals surface area contributed by atoms with Gasteiger partial charge in [-0.05, 0) is 111 Å². The number of ether oxygens (including phenoxy) is 1. The first-order valence-corrected chi connectivity index (χ1v) is 28.5. The molecule has 0 spiro atoms. The van der Waals surface area contributed by atoms with Crippen LogP contribution < -0.4 is 48.3 Å². The van der Waals surface area contributed by atoms with Crippen molar-refractivity contribution in [1.82, 2.24) is 45.9 Å². The van der Waals surface area contributed by atoms with Gasteiger partial charge in [-0.1, -0.05) is 63.3 Å². The van der Waals surface area contributed by atoms with Gasteiger partial charge in [0.2, 0.25) is 23.7 Å².